The maximum atomic E-state index is 12.4. The lowest BCUT2D eigenvalue weighted by atomic mass is 9.74. The topological polar surface area (TPSA) is 37.4 Å². The molecule has 3 heteroatoms. The van der Waals surface area contributed by atoms with Crippen molar-refractivity contribution in [1.82, 2.24) is 4.90 Å². The van der Waals surface area contributed by atoms with Crippen LogP contribution in [-0.4, -0.2) is 29.7 Å². The van der Waals surface area contributed by atoms with Crippen molar-refractivity contribution in [3.05, 3.63) is 35.4 Å². The molecule has 1 amide bonds. The van der Waals surface area contributed by atoms with E-state index < -0.39 is 0 Å². The second-order valence-electron chi connectivity index (χ2n) is 9.65. The third-order valence-corrected chi connectivity index (χ3v) is 6.59. The molecule has 0 aromatic heterocycles. The van der Waals surface area contributed by atoms with Gasteiger partial charge in [-0.05, 0) is 41.7 Å². The van der Waals surface area contributed by atoms with Gasteiger partial charge in [0, 0.05) is 31.3 Å². The van der Waals surface area contributed by atoms with Gasteiger partial charge in [-0.1, -0.05) is 45.0 Å². The van der Waals surface area contributed by atoms with Crippen LogP contribution in [0, 0.1) is 11.3 Å². The van der Waals surface area contributed by atoms with Crippen LogP contribution in [0.1, 0.15) is 69.9 Å². The molecule has 2 aliphatic carbocycles. The van der Waals surface area contributed by atoms with Gasteiger partial charge in [0.25, 0.3) is 0 Å². The molecule has 134 valence electrons. The average molecular weight is 339 g/mol. The van der Waals surface area contributed by atoms with E-state index in [1.165, 1.54) is 30.4 Å². The summed E-state index contributed by atoms with van der Waals surface area (Å²) >= 11 is 0. The normalized spacial score (nSPS) is 25.8. The van der Waals surface area contributed by atoms with Gasteiger partial charge in [-0.25, -0.2) is 0 Å². The molecule has 1 aliphatic heterocycles. The molecule has 0 N–H and O–H groups in total. The maximum absolute atomic E-state index is 12.4. The van der Waals surface area contributed by atoms with E-state index in [1.54, 1.807) is 0 Å². The molecule has 4 rings (SSSR count). The van der Waals surface area contributed by atoms with Crippen LogP contribution in [0.15, 0.2) is 24.3 Å². The summed E-state index contributed by atoms with van der Waals surface area (Å²) in [5.74, 6) is 1.09. The Kier molecular flexibility index (Phi) is 3.82. The lowest BCUT2D eigenvalue weighted by Gasteiger charge is -2.50. The fourth-order valence-electron chi connectivity index (χ4n) is 4.88. The Labute approximate surface area is 150 Å². The zero-order valence-corrected chi connectivity index (χ0v) is 15.7. The van der Waals surface area contributed by atoms with E-state index in [4.69, 9.17) is 0 Å². The van der Waals surface area contributed by atoms with Crippen molar-refractivity contribution < 1.29 is 9.59 Å². The molecule has 3 fully saturated rings. The third kappa shape index (κ3) is 3.02. The Morgan fingerprint density at radius 3 is 2.56 bits per heavy atom. The molecule has 1 unspecified atom stereocenters. The highest BCUT2D eigenvalue weighted by Crippen LogP contribution is 2.52. The molecule has 3 aliphatic rings. The highest BCUT2D eigenvalue weighted by atomic mass is 16.2. The molecular formula is C22H29NO2. The standard InChI is InChI=1S/C22H29NO2/c1-21(2,3)18-6-4-5-15(9-18)16-7-8-22(12-16)13-23(14-22)20(25)17-10-19(24)11-17/h4-6,9,16-17H,7-8,10-14H2,1-3H3. The number of carbonyl (C=O) groups excluding carboxylic acids is 2. The number of rotatable bonds is 2. The number of nitrogens with zero attached hydrogens (tertiary/aromatic N) is 1. The first-order valence-electron chi connectivity index (χ1n) is 9.67. The van der Waals surface area contributed by atoms with Crippen LogP contribution in [0.5, 0.6) is 0 Å². The van der Waals surface area contributed by atoms with E-state index in [2.05, 4.69) is 45.0 Å². The van der Waals surface area contributed by atoms with Crippen LogP contribution in [0.4, 0.5) is 0 Å². The Bertz CT molecular complexity index is 701. The summed E-state index contributed by atoms with van der Waals surface area (Å²) in [4.78, 5) is 25.5. The zero-order valence-electron chi connectivity index (χ0n) is 15.7. The summed E-state index contributed by atoms with van der Waals surface area (Å²) in [5.41, 5.74) is 3.41. The minimum absolute atomic E-state index is 0.00878. The lowest BCUT2D eigenvalue weighted by molar-refractivity contribution is -0.154. The molecule has 1 aromatic rings. The number of hydrogen-bond donors (Lipinski definition) is 0. The highest BCUT2D eigenvalue weighted by molar-refractivity contribution is 5.96. The number of hydrogen-bond acceptors (Lipinski definition) is 2. The van der Waals surface area contributed by atoms with Crippen molar-refractivity contribution >= 4 is 11.7 Å². The van der Waals surface area contributed by atoms with Gasteiger partial charge in [0.15, 0.2) is 0 Å². The number of carbonyl (C=O) groups is 2. The van der Waals surface area contributed by atoms with Gasteiger partial charge in [-0.2, -0.15) is 0 Å². The van der Waals surface area contributed by atoms with Crippen LogP contribution >= 0.6 is 0 Å². The summed E-state index contributed by atoms with van der Waals surface area (Å²) in [7, 11) is 0. The smallest absolute Gasteiger partial charge is 0.226 e. The van der Waals surface area contributed by atoms with Crippen LogP contribution in [0.3, 0.4) is 0 Å². The quantitative estimate of drug-likeness (QED) is 0.815. The minimum atomic E-state index is -0.00878. The Morgan fingerprint density at radius 1 is 1.20 bits per heavy atom. The molecule has 25 heavy (non-hydrogen) atoms. The SMILES string of the molecule is CC(C)(C)c1cccc(C2CCC3(C2)CN(C(=O)C2CC(=O)C2)C3)c1. The predicted molar refractivity (Wildman–Crippen MR) is 98.5 cm³/mol. The van der Waals surface area contributed by atoms with E-state index in [9.17, 15) is 9.59 Å². The second kappa shape index (κ2) is 5.69. The molecule has 3 nitrogen and oxygen atoms in total. The van der Waals surface area contributed by atoms with Crippen molar-refractivity contribution in [2.24, 2.45) is 11.3 Å². The van der Waals surface area contributed by atoms with Gasteiger partial charge in [-0.3, -0.25) is 9.59 Å². The number of Topliss-reactive ketones (excluding diaryl/α,β-unsaturated/α-hetero) is 1. The van der Waals surface area contributed by atoms with Gasteiger partial charge < -0.3 is 4.90 Å². The van der Waals surface area contributed by atoms with Crippen LogP contribution in [-0.2, 0) is 15.0 Å². The summed E-state index contributed by atoms with van der Waals surface area (Å²) in [6, 6.07) is 9.11. The van der Waals surface area contributed by atoms with Crippen molar-refractivity contribution in [1.29, 1.82) is 0 Å². The monoisotopic (exact) mass is 339 g/mol. The van der Waals surface area contributed by atoms with Gasteiger partial charge in [-0.15, -0.1) is 0 Å². The van der Waals surface area contributed by atoms with Crippen LogP contribution < -0.4 is 0 Å². The maximum Gasteiger partial charge on any atom is 0.226 e. The van der Waals surface area contributed by atoms with E-state index >= 15 is 0 Å². The zero-order chi connectivity index (χ0) is 17.8. The average Bonchev–Trinajstić information content (AvgIpc) is 2.95. The molecule has 2 saturated carbocycles. The predicted octanol–water partition coefficient (Wildman–Crippen LogP) is 4.06. The van der Waals surface area contributed by atoms with E-state index in [1.807, 2.05) is 4.90 Å². The summed E-state index contributed by atoms with van der Waals surface area (Å²) in [5, 5.41) is 0. The third-order valence-electron chi connectivity index (χ3n) is 6.59. The van der Waals surface area contributed by atoms with E-state index in [-0.39, 0.29) is 23.0 Å². The van der Waals surface area contributed by atoms with Gasteiger partial charge in [0.2, 0.25) is 5.91 Å². The van der Waals surface area contributed by atoms with Crippen LogP contribution in [0.2, 0.25) is 0 Å². The van der Waals surface area contributed by atoms with Crippen molar-refractivity contribution in [3.63, 3.8) is 0 Å². The Hall–Kier alpha value is -1.64. The lowest BCUT2D eigenvalue weighted by Crippen LogP contribution is -2.59. The molecule has 1 saturated heterocycles. The van der Waals surface area contributed by atoms with E-state index in [0.717, 1.165) is 13.1 Å². The van der Waals surface area contributed by atoms with Crippen LogP contribution in [0.25, 0.3) is 0 Å². The Balaban J connectivity index is 1.38. The molecule has 0 bridgehead atoms. The molecule has 1 spiro atoms. The number of amides is 1. The summed E-state index contributed by atoms with van der Waals surface area (Å²) in [6.07, 6.45) is 4.62. The van der Waals surface area contributed by atoms with Gasteiger partial charge in [0.05, 0.1) is 5.92 Å². The fourth-order valence-corrected chi connectivity index (χ4v) is 4.88. The molecule has 1 aromatic carbocycles. The highest BCUT2D eigenvalue weighted by Gasteiger charge is 2.51. The molecule has 0 radical (unpaired) electrons. The van der Waals surface area contributed by atoms with Crippen molar-refractivity contribution in [2.75, 3.05) is 13.1 Å². The fraction of sp³-hybridized carbons (Fsp3) is 0.636. The van der Waals surface area contributed by atoms with Gasteiger partial charge >= 0.3 is 0 Å². The Morgan fingerprint density at radius 2 is 1.92 bits per heavy atom. The number of ketones is 1. The largest absolute Gasteiger partial charge is 0.341 e. The first-order valence-corrected chi connectivity index (χ1v) is 9.67. The number of benzene rings is 1. The van der Waals surface area contributed by atoms with Gasteiger partial charge in [0.1, 0.15) is 5.78 Å². The number of likely N-dealkylation sites (tertiary alicyclic amines) is 1. The second-order valence-corrected chi connectivity index (χ2v) is 9.65. The molecule has 1 atom stereocenters. The first-order chi connectivity index (χ1) is 11.8. The summed E-state index contributed by atoms with van der Waals surface area (Å²) < 4.78 is 0. The van der Waals surface area contributed by atoms with E-state index in [0.29, 0.717) is 24.2 Å². The van der Waals surface area contributed by atoms with Crippen molar-refractivity contribution in [3.8, 4) is 0 Å². The molecular weight excluding hydrogens is 310 g/mol. The minimum Gasteiger partial charge on any atom is -0.341 e. The first kappa shape index (κ1) is 16.8. The van der Waals surface area contributed by atoms with Crippen molar-refractivity contribution in [2.45, 2.75) is 64.2 Å². The molecule has 1 heterocycles. The summed E-state index contributed by atoms with van der Waals surface area (Å²) in [6.45, 7) is 8.62.